The Labute approximate surface area is 176 Å². The quantitative estimate of drug-likeness (QED) is 0.178. The summed E-state index contributed by atoms with van der Waals surface area (Å²) < 4.78 is 12.0. The number of aldehydes is 1. The molecule has 10 nitrogen and oxygen atoms in total. The van der Waals surface area contributed by atoms with Crippen LogP contribution in [0.25, 0.3) is 11.3 Å². The summed E-state index contributed by atoms with van der Waals surface area (Å²) >= 11 is 0. The average Bonchev–Trinajstić information content (AvgIpc) is 3.22. The number of nitrogens with zero attached hydrogens (tertiary/aromatic N) is 4. The SMILES string of the molecule is COc1cc(C=O)ccc1OC(=O)c1cn(CCC#N)nc1-c1cccc([N+](=O)[O-])c1. The maximum absolute atomic E-state index is 12.9. The largest absolute Gasteiger partial charge is 0.493 e. The number of hydrogen-bond acceptors (Lipinski definition) is 8. The number of ether oxygens (including phenoxy) is 2. The van der Waals surface area contributed by atoms with Gasteiger partial charge in [-0.3, -0.25) is 19.6 Å². The molecule has 3 aromatic rings. The fraction of sp³-hybridized carbons (Fsp3) is 0.143. The zero-order valence-electron chi connectivity index (χ0n) is 16.3. The van der Waals surface area contributed by atoms with E-state index in [0.29, 0.717) is 17.4 Å². The van der Waals surface area contributed by atoms with Crippen molar-refractivity contribution in [3.63, 3.8) is 0 Å². The van der Waals surface area contributed by atoms with Crippen LogP contribution in [-0.4, -0.2) is 34.1 Å². The standard InChI is InChI=1S/C21H16N4O6/c1-30-19-10-14(13-26)6-7-18(19)31-21(27)17-12-24(9-3-8-22)23-20(17)15-4-2-5-16(11-15)25(28)29/h2,4-7,10-13H,3,9H2,1H3. The molecule has 0 fully saturated rings. The zero-order chi connectivity index (χ0) is 22.4. The van der Waals surface area contributed by atoms with Crippen LogP contribution in [0.3, 0.4) is 0 Å². The van der Waals surface area contributed by atoms with E-state index in [1.54, 1.807) is 6.07 Å². The number of nitriles is 1. The monoisotopic (exact) mass is 420 g/mol. The lowest BCUT2D eigenvalue weighted by atomic mass is 10.1. The van der Waals surface area contributed by atoms with Crippen LogP contribution in [-0.2, 0) is 6.54 Å². The van der Waals surface area contributed by atoms with Crippen LogP contribution in [0.2, 0.25) is 0 Å². The van der Waals surface area contributed by atoms with Gasteiger partial charge >= 0.3 is 5.97 Å². The summed E-state index contributed by atoms with van der Waals surface area (Å²) in [7, 11) is 1.37. The fourth-order valence-corrected chi connectivity index (χ4v) is 2.83. The van der Waals surface area contributed by atoms with E-state index in [9.17, 15) is 19.7 Å². The van der Waals surface area contributed by atoms with Crippen molar-refractivity contribution in [1.29, 1.82) is 5.26 Å². The first-order valence-corrected chi connectivity index (χ1v) is 9.01. The van der Waals surface area contributed by atoms with Crippen molar-refractivity contribution in [3.8, 4) is 28.8 Å². The van der Waals surface area contributed by atoms with Gasteiger partial charge in [-0.25, -0.2) is 4.79 Å². The maximum atomic E-state index is 12.9. The van der Waals surface area contributed by atoms with E-state index >= 15 is 0 Å². The van der Waals surface area contributed by atoms with Gasteiger partial charge in [0.2, 0.25) is 0 Å². The normalized spacial score (nSPS) is 10.2. The summed E-state index contributed by atoms with van der Waals surface area (Å²) in [6.45, 7) is 0.225. The smallest absolute Gasteiger partial charge is 0.347 e. The highest BCUT2D eigenvalue weighted by Crippen LogP contribution is 2.31. The summed E-state index contributed by atoms with van der Waals surface area (Å²) in [6, 6.07) is 12.0. The van der Waals surface area contributed by atoms with E-state index in [4.69, 9.17) is 14.7 Å². The lowest BCUT2D eigenvalue weighted by molar-refractivity contribution is -0.384. The lowest BCUT2D eigenvalue weighted by Crippen LogP contribution is -2.10. The van der Waals surface area contributed by atoms with Gasteiger partial charge in [0.25, 0.3) is 5.69 Å². The molecule has 0 amide bonds. The number of rotatable bonds is 8. The number of methoxy groups -OCH3 is 1. The Bertz CT molecular complexity index is 1190. The second-order valence-corrected chi connectivity index (χ2v) is 6.29. The predicted molar refractivity (Wildman–Crippen MR) is 108 cm³/mol. The van der Waals surface area contributed by atoms with Crippen molar-refractivity contribution in [2.45, 2.75) is 13.0 Å². The first-order valence-electron chi connectivity index (χ1n) is 9.01. The number of aryl methyl sites for hydroxylation is 1. The second-order valence-electron chi connectivity index (χ2n) is 6.29. The molecule has 0 bridgehead atoms. The highest BCUT2D eigenvalue weighted by Gasteiger charge is 2.22. The molecule has 156 valence electrons. The number of nitro benzene ring substituents is 1. The third-order valence-electron chi connectivity index (χ3n) is 4.29. The molecule has 0 spiro atoms. The van der Waals surface area contributed by atoms with Crippen molar-refractivity contribution in [2.75, 3.05) is 7.11 Å². The van der Waals surface area contributed by atoms with E-state index in [2.05, 4.69) is 5.10 Å². The molecule has 1 heterocycles. The van der Waals surface area contributed by atoms with Crippen LogP contribution in [0.15, 0.2) is 48.7 Å². The van der Waals surface area contributed by atoms with E-state index in [-0.39, 0.29) is 41.4 Å². The maximum Gasteiger partial charge on any atom is 0.347 e. The third kappa shape index (κ3) is 4.73. The summed E-state index contributed by atoms with van der Waals surface area (Å²) in [5.74, 6) is -0.499. The molecule has 0 aliphatic carbocycles. The van der Waals surface area contributed by atoms with Gasteiger partial charge in [0, 0.05) is 29.5 Å². The molecular weight excluding hydrogens is 404 g/mol. The highest BCUT2D eigenvalue weighted by atomic mass is 16.6. The van der Waals surface area contributed by atoms with Gasteiger partial charge in [-0.1, -0.05) is 12.1 Å². The van der Waals surface area contributed by atoms with E-state index in [1.165, 1.54) is 54.4 Å². The summed E-state index contributed by atoms with van der Waals surface area (Å²) in [5.41, 5.74) is 0.767. The Hall–Kier alpha value is -4.52. The summed E-state index contributed by atoms with van der Waals surface area (Å²) in [5, 5.41) is 24.3. The van der Waals surface area contributed by atoms with Crippen LogP contribution in [0.5, 0.6) is 11.5 Å². The highest BCUT2D eigenvalue weighted by molar-refractivity contribution is 5.97. The molecule has 0 saturated carbocycles. The van der Waals surface area contributed by atoms with Crippen molar-refractivity contribution >= 4 is 17.9 Å². The number of hydrogen-bond donors (Lipinski definition) is 0. The number of benzene rings is 2. The fourth-order valence-electron chi connectivity index (χ4n) is 2.83. The molecule has 2 aromatic carbocycles. The predicted octanol–water partition coefficient (Wildman–Crippen LogP) is 3.41. The van der Waals surface area contributed by atoms with Crippen molar-refractivity contribution in [1.82, 2.24) is 9.78 Å². The van der Waals surface area contributed by atoms with Gasteiger partial charge in [0.05, 0.1) is 31.1 Å². The first-order chi connectivity index (χ1) is 15.0. The Morgan fingerprint density at radius 3 is 2.77 bits per heavy atom. The number of esters is 1. The van der Waals surface area contributed by atoms with Crippen LogP contribution in [0.4, 0.5) is 5.69 Å². The van der Waals surface area contributed by atoms with Gasteiger partial charge < -0.3 is 9.47 Å². The molecule has 10 heteroatoms. The van der Waals surface area contributed by atoms with Crippen molar-refractivity contribution < 1.29 is 24.0 Å². The summed E-state index contributed by atoms with van der Waals surface area (Å²) in [4.78, 5) is 34.5. The molecule has 0 aliphatic rings. The van der Waals surface area contributed by atoms with Crippen LogP contribution in [0, 0.1) is 21.4 Å². The number of nitro groups is 1. The molecule has 31 heavy (non-hydrogen) atoms. The molecule has 0 atom stereocenters. The van der Waals surface area contributed by atoms with Gasteiger partial charge in [-0.2, -0.15) is 10.4 Å². The van der Waals surface area contributed by atoms with Gasteiger partial charge in [0.1, 0.15) is 17.5 Å². The number of carbonyl (C=O) groups is 2. The second kappa shape index (κ2) is 9.32. The zero-order valence-corrected chi connectivity index (χ0v) is 16.3. The molecule has 3 rings (SSSR count). The Kier molecular flexibility index (Phi) is 6.37. The van der Waals surface area contributed by atoms with Gasteiger partial charge in [0.15, 0.2) is 11.5 Å². The molecule has 0 unspecified atom stereocenters. The molecule has 0 radical (unpaired) electrons. The number of aromatic nitrogens is 2. The summed E-state index contributed by atoms with van der Waals surface area (Å²) in [6.07, 6.45) is 2.21. The first kappa shape index (κ1) is 21.2. The van der Waals surface area contributed by atoms with E-state index < -0.39 is 10.9 Å². The minimum atomic E-state index is -0.776. The van der Waals surface area contributed by atoms with Crippen LogP contribution in [0.1, 0.15) is 27.1 Å². The Morgan fingerprint density at radius 1 is 1.29 bits per heavy atom. The number of non-ortho nitro benzene ring substituents is 1. The van der Waals surface area contributed by atoms with E-state index in [1.807, 2.05) is 6.07 Å². The average molecular weight is 420 g/mol. The van der Waals surface area contributed by atoms with Gasteiger partial charge in [-0.15, -0.1) is 0 Å². The number of carbonyl (C=O) groups excluding carboxylic acids is 2. The van der Waals surface area contributed by atoms with Crippen molar-refractivity contribution in [3.05, 3.63) is 69.9 Å². The Morgan fingerprint density at radius 2 is 2.10 bits per heavy atom. The molecule has 0 N–H and O–H groups in total. The minimum Gasteiger partial charge on any atom is -0.493 e. The third-order valence-corrected chi connectivity index (χ3v) is 4.29. The molecule has 0 aliphatic heterocycles. The van der Waals surface area contributed by atoms with E-state index in [0.717, 1.165) is 0 Å². The van der Waals surface area contributed by atoms with Gasteiger partial charge in [-0.05, 0) is 18.2 Å². The molecule has 0 saturated heterocycles. The topological polar surface area (TPSA) is 137 Å². The lowest BCUT2D eigenvalue weighted by Gasteiger charge is -2.09. The van der Waals surface area contributed by atoms with Crippen LogP contribution < -0.4 is 9.47 Å². The van der Waals surface area contributed by atoms with Crippen LogP contribution >= 0.6 is 0 Å². The van der Waals surface area contributed by atoms with Crippen molar-refractivity contribution in [2.24, 2.45) is 0 Å². The molecular formula is C21H16N4O6. The Balaban J connectivity index is 2.01. The minimum absolute atomic E-state index is 0.0555. The molecule has 1 aromatic heterocycles.